The van der Waals surface area contributed by atoms with Crippen molar-refractivity contribution in [1.29, 1.82) is 0 Å². The molecule has 36 heavy (non-hydrogen) atoms. The Balaban J connectivity index is 1.53. The molecule has 0 saturated heterocycles. The molecule has 0 amide bonds. The van der Waals surface area contributed by atoms with Gasteiger partial charge in [0.2, 0.25) is 0 Å². The molecule has 3 aromatic rings. The van der Waals surface area contributed by atoms with Gasteiger partial charge in [-0.15, -0.1) is 4.40 Å². The number of hydrogen-bond acceptors (Lipinski definition) is 8. The topological polar surface area (TPSA) is 104 Å². The van der Waals surface area contributed by atoms with Gasteiger partial charge in [0.1, 0.15) is 28.8 Å². The molecule has 0 N–H and O–H groups in total. The summed E-state index contributed by atoms with van der Waals surface area (Å²) in [5, 5.41) is 0. The second kappa shape index (κ2) is 10.7. The molecule has 0 spiro atoms. The number of amidine groups is 1. The smallest absolute Gasteiger partial charge is 0.338 e. The van der Waals surface area contributed by atoms with Crippen LogP contribution in [0.2, 0.25) is 0 Å². The second-order valence-electron chi connectivity index (χ2n) is 8.01. The van der Waals surface area contributed by atoms with E-state index in [1.807, 2.05) is 0 Å². The van der Waals surface area contributed by atoms with Gasteiger partial charge in [0.05, 0.1) is 26.3 Å². The number of methoxy groups -OCH3 is 2. The van der Waals surface area contributed by atoms with E-state index < -0.39 is 22.1 Å². The quantitative estimate of drug-likeness (QED) is 0.404. The molecular weight excluding hydrogens is 484 g/mol. The van der Waals surface area contributed by atoms with Crippen LogP contribution in [0.25, 0.3) is 0 Å². The number of rotatable bonds is 9. The van der Waals surface area contributed by atoms with Crippen LogP contribution in [0.3, 0.4) is 0 Å². The molecule has 0 unspecified atom stereocenters. The van der Waals surface area contributed by atoms with Crippen LogP contribution >= 0.6 is 0 Å². The Labute approximate surface area is 209 Å². The Hall–Kier alpha value is -4.05. The molecule has 0 aliphatic carbocycles. The lowest BCUT2D eigenvalue weighted by molar-refractivity contribution is 0.0130. The van der Waals surface area contributed by atoms with Gasteiger partial charge in [0.15, 0.2) is 11.9 Å². The van der Waals surface area contributed by atoms with Gasteiger partial charge in [-0.3, -0.25) is 0 Å². The molecule has 1 aliphatic heterocycles. The third kappa shape index (κ3) is 5.60. The van der Waals surface area contributed by atoms with Crippen molar-refractivity contribution in [2.45, 2.75) is 11.0 Å². The van der Waals surface area contributed by atoms with Gasteiger partial charge in [-0.25, -0.2) is 4.79 Å². The van der Waals surface area contributed by atoms with E-state index in [-0.39, 0.29) is 23.9 Å². The average Bonchev–Trinajstić information content (AvgIpc) is 3.18. The summed E-state index contributed by atoms with van der Waals surface area (Å²) in [6.45, 7) is 0.168. The second-order valence-corrected chi connectivity index (χ2v) is 9.58. The van der Waals surface area contributed by atoms with Crippen LogP contribution < -0.4 is 14.2 Å². The zero-order valence-electron chi connectivity index (χ0n) is 20.1. The summed E-state index contributed by atoms with van der Waals surface area (Å²) in [6, 6.07) is 20.2. The number of nitrogens with zero attached hydrogens (tertiary/aromatic N) is 2. The Morgan fingerprint density at radius 1 is 0.889 bits per heavy atom. The van der Waals surface area contributed by atoms with E-state index in [1.165, 1.54) is 6.07 Å². The van der Waals surface area contributed by atoms with Crippen molar-refractivity contribution in [3.63, 3.8) is 0 Å². The van der Waals surface area contributed by atoms with Crippen LogP contribution in [0, 0.1) is 0 Å². The summed E-state index contributed by atoms with van der Waals surface area (Å²) < 4.78 is 50.9. The highest BCUT2D eigenvalue weighted by molar-refractivity contribution is 7.90. The Morgan fingerprint density at radius 3 is 2.11 bits per heavy atom. The van der Waals surface area contributed by atoms with E-state index in [2.05, 4.69) is 4.40 Å². The van der Waals surface area contributed by atoms with E-state index in [0.717, 1.165) is 0 Å². The van der Waals surface area contributed by atoms with Gasteiger partial charge in [0, 0.05) is 12.6 Å². The number of ether oxygens (including phenoxy) is 4. The molecular formula is C26H26N2O7S. The van der Waals surface area contributed by atoms with Crippen LogP contribution in [-0.2, 0) is 14.8 Å². The molecule has 9 nitrogen and oxygen atoms in total. The SMILES string of the molecule is COc1ccc(OC[C@H](CN(C)C2=NS(=O)(=O)c3ccccc32)OC(=O)c2ccc(OC)cc2)cc1. The molecule has 0 saturated carbocycles. The summed E-state index contributed by atoms with van der Waals surface area (Å²) in [6.07, 6.45) is -0.745. The predicted octanol–water partition coefficient (Wildman–Crippen LogP) is 3.39. The Morgan fingerprint density at radius 2 is 1.47 bits per heavy atom. The molecule has 4 rings (SSSR count). The van der Waals surface area contributed by atoms with Crippen molar-refractivity contribution in [3.8, 4) is 17.2 Å². The van der Waals surface area contributed by atoms with E-state index in [4.69, 9.17) is 18.9 Å². The van der Waals surface area contributed by atoms with E-state index in [1.54, 1.807) is 92.9 Å². The lowest BCUT2D eigenvalue weighted by Crippen LogP contribution is -2.39. The van der Waals surface area contributed by atoms with Crippen LogP contribution in [0.4, 0.5) is 0 Å². The maximum Gasteiger partial charge on any atom is 0.338 e. The zero-order valence-corrected chi connectivity index (χ0v) is 20.9. The fourth-order valence-corrected chi connectivity index (χ4v) is 4.94. The molecule has 0 fully saturated rings. The normalized spacial score (nSPS) is 14.2. The molecule has 3 aromatic carbocycles. The highest BCUT2D eigenvalue weighted by Gasteiger charge is 2.32. The van der Waals surface area contributed by atoms with Gasteiger partial charge in [-0.1, -0.05) is 12.1 Å². The molecule has 1 atom stereocenters. The molecule has 0 radical (unpaired) electrons. The number of likely N-dealkylation sites (N-methyl/N-ethyl adjacent to an activating group) is 1. The standard InChI is InChI=1S/C26H26N2O7S/c1-28(25-23-6-4-5-7-24(23)36(30,31)27-25)16-22(17-34-21-14-12-20(33-3)13-15-21)35-26(29)18-8-10-19(32-2)11-9-18/h4-15,22H,16-17H2,1-3H3/t22-/m0/s1. The number of carbonyl (C=O) groups is 1. The van der Waals surface area contributed by atoms with Gasteiger partial charge < -0.3 is 23.8 Å². The van der Waals surface area contributed by atoms with Crippen molar-refractivity contribution >= 4 is 21.8 Å². The van der Waals surface area contributed by atoms with Crippen LogP contribution in [0.5, 0.6) is 17.2 Å². The molecule has 1 aliphatic rings. The largest absolute Gasteiger partial charge is 0.497 e. The monoisotopic (exact) mass is 510 g/mol. The first-order chi connectivity index (χ1) is 17.3. The first-order valence-electron chi connectivity index (χ1n) is 11.1. The summed E-state index contributed by atoms with van der Waals surface area (Å²) in [7, 11) is 1.02. The minimum absolute atomic E-state index is 0.0280. The number of esters is 1. The van der Waals surface area contributed by atoms with E-state index in [9.17, 15) is 13.2 Å². The number of benzene rings is 3. The first-order valence-corrected chi connectivity index (χ1v) is 12.5. The number of sulfonamides is 1. The lowest BCUT2D eigenvalue weighted by atomic mass is 10.2. The summed E-state index contributed by atoms with van der Waals surface area (Å²) in [4.78, 5) is 14.7. The van der Waals surface area contributed by atoms with Crippen molar-refractivity contribution in [2.24, 2.45) is 4.40 Å². The first kappa shape index (κ1) is 25.1. The fourth-order valence-electron chi connectivity index (χ4n) is 3.69. The van der Waals surface area contributed by atoms with Crippen LogP contribution in [0.15, 0.2) is 82.1 Å². The fraction of sp³-hybridized carbons (Fsp3) is 0.231. The number of carbonyl (C=O) groups excluding carboxylic acids is 1. The Bertz CT molecular complexity index is 1350. The van der Waals surface area contributed by atoms with E-state index >= 15 is 0 Å². The summed E-state index contributed by atoms with van der Waals surface area (Å²) in [5.41, 5.74) is 0.843. The Kier molecular flexibility index (Phi) is 7.44. The predicted molar refractivity (Wildman–Crippen MR) is 133 cm³/mol. The van der Waals surface area contributed by atoms with Crippen molar-refractivity contribution in [1.82, 2.24) is 4.90 Å². The molecule has 0 bridgehead atoms. The van der Waals surface area contributed by atoms with Crippen molar-refractivity contribution < 1.29 is 32.2 Å². The van der Waals surface area contributed by atoms with Crippen molar-refractivity contribution in [2.75, 3.05) is 34.4 Å². The minimum Gasteiger partial charge on any atom is -0.497 e. The summed E-state index contributed by atoms with van der Waals surface area (Å²) >= 11 is 0. The highest BCUT2D eigenvalue weighted by atomic mass is 32.2. The maximum atomic E-state index is 12.9. The average molecular weight is 511 g/mol. The lowest BCUT2D eigenvalue weighted by Gasteiger charge is -2.26. The summed E-state index contributed by atoms with van der Waals surface area (Å²) in [5.74, 6) is 1.60. The third-order valence-corrected chi connectivity index (χ3v) is 6.87. The maximum absolute atomic E-state index is 12.9. The van der Waals surface area contributed by atoms with Gasteiger partial charge in [0.25, 0.3) is 10.0 Å². The van der Waals surface area contributed by atoms with Crippen LogP contribution in [0.1, 0.15) is 15.9 Å². The van der Waals surface area contributed by atoms with Crippen molar-refractivity contribution in [3.05, 3.63) is 83.9 Å². The van der Waals surface area contributed by atoms with Gasteiger partial charge in [-0.2, -0.15) is 8.42 Å². The van der Waals surface area contributed by atoms with Gasteiger partial charge >= 0.3 is 5.97 Å². The third-order valence-electron chi connectivity index (χ3n) is 5.55. The molecule has 1 heterocycles. The minimum atomic E-state index is -3.79. The number of fused-ring (bicyclic) bond motifs is 1. The highest BCUT2D eigenvalue weighted by Crippen LogP contribution is 2.27. The van der Waals surface area contributed by atoms with Gasteiger partial charge in [-0.05, 0) is 60.7 Å². The molecule has 0 aromatic heterocycles. The molecule has 188 valence electrons. The van der Waals surface area contributed by atoms with E-state index in [0.29, 0.717) is 28.4 Å². The zero-order chi connectivity index (χ0) is 25.7. The number of hydrogen-bond donors (Lipinski definition) is 0. The molecule has 10 heteroatoms. The van der Waals surface area contributed by atoms with Crippen LogP contribution in [-0.4, -0.2) is 65.6 Å².